The number of rotatable bonds is 5. The second-order valence-corrected chi connectivity index (χ2v) is 10.3. The number of sulfonamides is 1. The molecule has 33 heavy (non-hydrogen) atoms. The van der Waals surface area contributed by atoms with E-state index in [1.165, 1.54) is 4.31 Å². The molecule has 1 aromatic heterocycles. The van der Waals surface area contributed by atoms with Gasteiger partial charge < -0.3 is 15.5 Å². The summed E-state index contributed by atoms with van der Waals surface area (Å²) in [5.41, 5.74) is 1.85. The fourth-order valence-electron chi connectivity index (χ4n) is 4.26. The van der Waals surface area contributed by atoms with Gasteiger partial charge in [-0.1, -0.05) is 6.07 Å². The van der Waals surface area contributed by atoms with Crippen molar-refractivity contribution >= 4 is 39.2 Å². The highest BCUT2D eigenvalue weighted by atomic mass is 32.2. The predicted octanol–water partition coefficient (Wildman–Crippen LogP) is 1.16. The molecule has 1 saturated heterocycles. The molecule has 4 rings (SSSR count). The summed E-state index contributed by atoms with van der Waals surface area (Å²) in [6.45, 7) is 2.41. The Morgan fingerprint density at radius 1 is 1.09 bits per heavy atom. The number of fused-ring (bicyclic) bond motifs is 1. The van der Waals surface area contributed by atoms with Crippen molar-refractivity contribution in [3.8, 4) is 0 Å². The molecular weight excluding hydrogens is 444 g/mol. The van der Waals surface area contributed by atoms with Crippen LogP contribution in [0.15, 0.2) is 36.7 Å². The Bertz CT molecular complexity index is 1120. The Hall–Kier alpha value is -3.21. The van der Waals surface area contributed by atoms with E-state index in [-0.39, 0.29) is 5.92 Å². The molecule has 3 heterocycles. The topological polar surface area (TPSA) is 125 Å². The molecule has 176 valence electrons. The van der Waals surface area contributed by atoms with Gasteiger partial charge >= 0.3 is 11.8 Å². The summed E-state index contributed by atoms with van der Waals surface area (Å²) in [6, 6.07) is 6.88. The number of nitrogens with one attached hydrogen (secondary N) is 2. The molecule has 1 aromatic carbocycles. The number of aromatic nitrogens is 2. The molecule has 0 bridgehead atoms. The van der Waals surface area contributed by atoms with Gasteiger partial charge in [-0.2, -0.15) is 0 Å². The number of amides is 2. The Labute approximate surface area is 193 Å². The van der Waals surface area contributed by atoms with Gasteiger partial charge in [0.05, 0.1) is 11.9 Å². The highest BCUT2D eigenvalue weighted by Gasteiger charge is 2.25. The first-order valence-electron chi connectivity index (χ1n) is 11.0. The predicted molar refractivity (Wildman–Crippen MR) is 126 cm³/mol. The second-order valence-electron chi connectivity index (χ2n) is 8.43. The van der Waals surface area contributed by atoms with Crippen molar-refractivity contribution in [2.24, 2.45) is 5.92 Å². The third-order valence-electron chi connectivity index (χ3n) is 6.03. The number of carbonyl (C=O) groups is 2. The molecule has 0 radical (unpaired) electrons. The van der Waals surface area contributed by atoms with Gasteiger partial charge in [0.15, 0.2) is 0 Å². The second kappa shape index (κ2) is 9.74. The third-order valence-corrected chi connectivity index (χ3v) is 7.21. The zero-order valence-corrected chi connectivity index (χ0v) is 19.3. The van der Waals surface area contributed by atoms with Crippen molar-refractivity contribution < 1.29 is 18.0 Å². The van der Waals surface area contributed by atoms with Crippen molar-refractivity contribution in [2.45, 2.75) is 25.7 Å². The minimum absolute atomic E-state index is 0.272. The molecule has 0 aliphatic carbocycles. The summed E-state index contributed by atoms with van der Waals surface area (Å²) in [6.07, 6.45) is 7.84. The molecular formula is C22H28N6O4S. The molecule has 2 amide bonds. The fourth-order valence-corrected chi connectivity index (χ4v) is 5.25. The molecule has 2 aromatic rings. The van der Waals surface area contributed by atoms with Crippen LogP contribution in [0.3, 0.4) is 0 Å². The SMILES string of the molecule is CS(=O)(=O)N1CCCc2ccc(NC(=O)C(=O)NCC3CCN(c4ncccn4)CC3)cc21. The first kappa shape index (κ1) is 23.0. The Balaban J connectivity index is 1.29. The quantitative estimate of drug-likeness (QED) is 0.626. The van der Waals surface area contributed by atoms with E-state index in [4.69, 9.17) is 0 Å². The number of hydrogen-bond donors (Lipinski definition) is 2. The van der Waals surface area contributed by atoms with Crippen molar-refractivity contribution in [3.63, 3.8) is 0 Å². The zero-order chi connectivity index (χ0) is 23.4. The van der Waals surface area contributed by atoms with E-state index in [2.05, 4.69) is 25.5 Å². The van der Waals surface area contributed by atoms with E-state index < -0.39 is 21.8 Å². The van der Waals surface area contributed by atoms with Gasteiger partial charge in [0, 0.05) is 44.3 Å². The monoisotopic (exact) mass is 472 g/mol. The Morgan fingerprint density at radius 2 is 1.82 bits per heavy atom. The lowest BCUT2D eigenvalue weighted by atomic mass is 9.97. The van der Waals surface area contributed by atoms with Crippen molar-refractivity contribution in [3.05, 3.63) is 42.2 Å². The lowest BCUT2D eigenvalue weighted by Crippen LogP contribution is -2.42. The molecule has 0 unspecified atom stereocenters. The number of anilines is 3. The molecule has 0 spiro atoms. The van der Waals surface area contributed by atoms with Gasteiger partial charge in [-0.25, -0.2) is 18.4 Å². The number of benzene rings is 1. The van der Waals surface area contributed by atoms with E-state index in [0.717, 1.165) is 50.6 Å². The van der Waals surface area contributed by atoms with E-state index in [1.807, 2.05) is 0 Å². The maximum absolute atomic E-state index is 12.4. The van der Waals surface area contributed by atoms with Gasteiger partial charge in [0.25, 0.3) is 0 Å². The minimum Gasteiger partial charge on any atom is -0.348 e. The van der Waals surface area contributed by atoms with Crippen LogP contribution in [-0.2, 0) is 26.0 Å². The van der Waals surface area contributed by atoms with Crippen LogP contribution < -0.4 is 19.8 Å². The molecule has 2 N–H and O–H groups in total. The van der Waals surface area contributed by atoms with E-state index in [0.29, 0.717) is 30.4 Å². The maximum Gasteiger partial charge on any atom is 0.313 e. The zero-order valence-electron chi connectivity index (χ0n) is 18.5. The smallest absolute Gasteiger partial charge is 0.313 e. The van der Waals surface area contributed by atoms with Gasteiger partial charge in [-0.15, -0.1) is 0 Å². The maximum atomic E-state index is 12.4. The first-order chi connectivity index (χ1) is 15.8. The Morgan fingerprint density at radius 3 is 2.52 bits per heavy atom. The molecule has 1 fully saturated rings. The average molecular weight is 473 g/mol. The van der Waals surface area contributed by atoms with Crippen LogP contribution in [0.4, 0.5) is 17.3 Å². The summed E-state index contributed by atoms with van der Waals surface area (Å²) in [4.78, 5) is 35.4. The number of carbonyl (C=O) groups excluding carboxylic acids is 2. The van der Waals surface area contributed by atoms with Gasteiger partial charge in [0.2, 0.25) is 16.0 Å². The lowest BCUT2D eigenvalue weighted by molar-refractivity contribution is -0.136. The van der Waals surface area contributed by atoms with Crippen molar-refractivity contribution in [1.29, 1.82) is 0 Å². The number of hydrogen-bond acceptors (Lipinski definition) is 7. The fraction of sp³-hybridized carbons (Fsp3) is 0.455. The lowest BCUT2D eigenvalue weighted by Gasteiger charge is -2.31. The summed E-state index contributed by atoms with van der Waals surface area (Å²) in [7, 11) is -3.41. The largest absolute Gasteiger partial charge is 0.348 e. The first-order valence-corrected chi connectivity index (χ1v) is 12.9. The molecule has 0 saturated carbocycles. The van der Waals surface area contributed by atoms with Crippen molar-refractivity contribution in [1.82, 2.24) is 15.3 Å². The van der Waals surface area contributed by atoms with Crippen LogP contribution in [0.1, 0.15) is 24.8 Å². The summed E-state index contributed by atoms with van der Waals surface area (Å²) in [5.74, 6) is -0.499. The molecule has 2 aliphatic heterocycles. The van der Waals surface area contributed by atoms with E-state index in [9.17, 15) is 18.0 Å². The normalized spacial score (nSPS) is 16.8. The summed E-state index contributed by atoms with van der Waals surface area (Å²) in [5, 5.41) is 5.30. The minimum atomic E-state index is -3.41. The van der Waals surface area contributed by atoms with Crippen LogP contribution in [0.5, 0.6) is 0 Å². The standard InChI is InChI=1S/C22H28N6O4S/c1-33(31,32)28-11-2-4-17-5-6-18(14-19(17)28)26-21(30)20(29)25-15-16-7-12-27(13-8-16)22-23-9-3-10-24-22/h3,5-6,9-10,14,16H,2,4,7-8,11-13,15H2,1H3,(H,25,29)(H,26,30). The molecule has 10 nitrogen and oxygen atoms in total. The molecule has 2 aliphatic rings. The highest BCUT2D eigenvalue weighted by Crippen LogP contribution is 2.31. The highest BCUT2D eigenvalue weighted by molar-refractivity contribution is 7.92. The van der Waals surface area contributed by atoms with Crippen molar-refractivity contribution in [2.75, 3.05) is 47.0 Å². The third kappa shape index (κ3) is 5.59. The summed E-state index contributed by atoms with van der Waals surface area (Å²) < 4.78 is 25.5. The van der Waals surface area contributed by atoms with Gasteiger partial charge in [-0.05, 0) is 55.4 Å². The van der Waals surface area contributed by atoms with Gasteiger partial charge in [0.1, 0.15) is 0 Å². The number of aryl methyl sites for hydroxylation is 1. The number of nitrogens with zero attached hydrogens (tertiary/aromatic N) is 4. The van der Waals surface area contributed by atoms with Crippen LogP contribution in [-0.4, -0.2) is 62.6 Å². The van der Waals surface area contributed by atoms with Gasteiger partial charge in [-0.3, -0.25) is 13.9 Å². The van der Waals surface area contributed by atoms with Crippen LogP contribution in [0, 0.1) is 5.92 Å². The van der Waals surface area contributed by atoms with Crippen LogP contribution >= 0.6 is 0 Å². The van der Waals surface area contributed by atoms with E-state index in [1.54, 1.807) is 36.7 Å². The molecule has 11 heteroatoms. The Kier molecular flexibility index (Phi) is 6.77. The van der Waals surface area contributed by atoms with E-state index >= 15 is 0 Å². The van der Waals surface area contributed by atoms with Crippen LogP contribution in [0.25, 0.3) is 0 Å². The summed E-state index contributed by atoms with van der Waals surface area (Å²) >= 11 is 0. The number of piperidine rings is 1. The van der Waals surface area contributed by atoms with Crippen LogP contribution in [0.2, 0.25) is 0 Å². The molecule has 0 atom stereocenters. The average Bonchev–Trinajstić information content (AvgIpc) is 2.82.